The van der Waals surface area contributed by atoms with E-state index in [9.17, 15) is 4.79 Å². The molecule has 7 heteroatoms. The minimum Gasteiger partial charge on any atom is -0.450 e. The van der Waals surface area contributed by atoms with Gasteiger partial charge < -0.3 is 14.5 Å². The average Bonchev–Trinajstić information content (AvgIpc) is 2.80. The number of likely N-dealkylation sites (tertiary alicyclic amines) is 1. The maximum atomic E-state index is 12.1. The second-order valence-corrected chi connectivity index (χ2v) is 8.64. The molecule has 1 aromatic carbocycles. The normalized spacial score (nSPS) is 20.3. The quantitative estimate of drug-likeness (QED) is 0.722. The molecule has 0 saturated carbocycles. The van der Waals surface area contributed by atoms with Gasteiger partial charge in [0.1, 0.15) is 11.6 Å². The van der Waals surface area contributed by atoms with Crippen molar-refractivity contribution >= 4 is 22.8 Å². The molecule has 4 rings (SSSR count). The molecular weight excluding hydrogens is 390 g/mol. The number of carbonyl (C=O) groups is 1. The van der Waals surface area contributed by atoms with Crippen LogP contribution in [0.5, 0.6) is 0 Å². The maximum absolute atomic E-state index is 12.1. The Balaban J connectivity index is 1.60. The second kappa shape index (κ2) is 9.81. The van der Waals surface area contributed by atoms with Crippen molar-refractivity contribution in [3.8, 4) is 0 Å². The second-order valence-electron chi connectivity index (χ2n) is 8.64. The molecule has 1 aromatic heterocycles. The molecule has 0 spiro atoms. The topological polar surface area (TPSA) is 61.8 Å². The van der Waals surface area contributed by atoms with Crippen molar-refractivity contribution in [3.05, 3.63) is 29.6 Å². The molecule has 3 heterocycles. The van der Waals surface area contributed by atoms with Crippen LogP contribution in [0.25, 0.3) is 10.9 Å². The smallest absolute Gasteiger partial charge is 0.409 e. The Morgan fingerprint density at radius 2 is 1.90 bits per heavy atom. The van der Waals surface area contributed by atoms with Gasteiger partial charge in [-0.25, -0.2) is 14.8 Å². The highest BCUT2D eigenvalue weighted by Crippen LogP contribution is 2.28. The number of fused-ring (bicyclic) bond motifs is 1. The predicted molar refractivity (Wildman–Crippen MR) is 123 cm³/mol. The Kier molecular flexibility index (Phi) is 6.90. The van der Waals surface area contributed by atoms with E-state index in [0.717, 1.165) is 48.7 Å². The fourth-order valence-electron chi connectivity index (χ4n) is 4.86. The highest BCUT2D eigenvalue weighted by molar-refractivity contribution is 5.91. The lowest BCUT2D eigenvalue weighted by Crippen LogP contribution is -2.49. The number of anilines is 1. The number of carbonyl (C=O) groups excluding carboxylic acids is 1. The largest absolute Gasteiger partial charge is 0.450 e. The van der Waals surface area contributed by atoms with Crippen LogP contribution in [0.3, 0.4) is 0 Å². The number of aryl methyl sites for hydroxylation is 1. The molecule has 7 nitrogen and oxygen atoms in total. The van der Waals surface area contributed by atoms with Crippen molar-refractivity contribution in [2.45, 2.75) is 59.0 Å². The minimum atomic E-state index is -0.220. The lowest BCUT2D eigenvalue weighted by atomic mass is 10.00. The average molecular weight is 426 g/mol. The molecular formula is C24H35N5O2. The highest BCUT2D eigenvalue weighted by Gasteiger charge is 2.26. The van der Waals surface area contributed by atoms with E-state index in [1.165, 1.54) is 31.2 Å². The van der Waals surface area contributed by atoms with Gasteiger partial charge in [0.2, 0.25) is 0 Å². The van der Waals surface area contributed by atoms with E-state index in [1.807, 2.05) is 6.92 Å². The Labute approximate surface area is 185 Å². The number of piperazine rings is 1. The van der Waals surface area contributed by atoms with Gasteiger partial charge in [0, 0.05) is 37.6 Å². The lowest BCUT2D eigenvalue weighted by Gasteiger charge is -2.36. The number of nitrogens with zero attached hydrogens (tertiary/aromatic N) is 5. The summed E-state index contributed by atoms with van der Waals surface area (Å²) in [5, 5.41) is 1.10. The van der Waals surface area contributed by atoms with Gasteiger partial charge in [-0.05, 0) is 51.3 Å². The van der Waals surface area contributed by atoms with Gasteiger partial charge in [0.05, 0.1) is 18.7 Å². The fraction of sp³-hybridized carbons (Fsp3) is 0.625. The van der Waals surface area contributed by atoms with E-state index in [-0.39, 0.29) is 6.09 Å². The van der Waals surface area contributed by atoms with Gasteiger partial charge >= 0.3 is 6.09 Å². The number of piperidine rings is 1. The molecule has 168 valence electrons. The Morgan fingerprint density at radius 3 is 2.65 bits per heavy atom. The molecule has 1 atom stereocenters. The Morgan fingerprint density at radius 1 is 1.10 bits per heavy atom. The lowest BCUT2D eigenvalue weighted by molar-refractivity contribution is 0.105. The molecule has 2 aliphatic heterocycles. The van der Waals surface area contributed by atoms with Crippen molar-refractivity contribution < 1.29 is 9.53 Å². The third-order valence-electron chi connectivity index (χ3n) is 6.62. The van der Waals surface area contributed by atoms with Crippen molar-refractivity contribution in [1.29, 1.82) is 0 Å². The summed E-state index contributed by atoms with van der Waals surface area (Å²) < 4.78 is 5.17. The zero-order valence-corrected chi connectivity index (χ0v) is 19.1. The number of aromatic nitrogens is 2. The SMILES string of the molecule is CCOC(=O)N1CCN(c2nc(CN3CCCC[C@@H]3CC)nc3c(C)cccc23)CC1. The summed E-state index contributed by atoms with van der Waals surface area (Å²) in [6.07, 6.45) is 4.80. The van der Waals surface area contributed by atoms with Crippen LogP contribution in [0.15, 0.2) is 18.2 Å². The number of rotatable bonds is 5. The summed E-state index contributed by atoms with van der Waals surface area (Å²) in [4.78, 5) is 28.8. The zero-order valence-electron chi connectivity index (χ0n) is 19.1. The van der Waals surface area contributed by atoms with Crippen molar-refractivity contribution in [3.63, 3.8) is 0 Å². The predicted octanol–water partition coefficient (Wildman–Crippen LogP) is 3.98. The van der Waals surface area contributed by atoms with Crippen molar-refractivity contribution in [1.82, 2.24) is 19.8 Å². The molecule has 0 radical (unpaired) electrons. The van der Waals surface area contributed by atoms with Crippen LogP contribution >= 0.6 is 0 Å². The minimum absolute atomic E-state index is 0.220. The number of hydrogen-bond acceptors (Lipinski definition) is 6. The Bertz CT molecular complexity index is 910. The monoisotopic (exact) mass is 425 g/mol. The first kappa shape index (κ1) is 21.8. The number of amides is 1. The van der Waals surface area contributed by atoms with Gasteiger partial charge in [0.15, 0.2) is 0 Å². The van der Waals surface area contributed by atoms with E-state index in [2.05, 4.69) is 41.8 Å². The molecule has 0 unspecified atom stereocenters. The summed E-state index contributed by atoms with van der Waals surface area (Å²) in [5.41, 5.74) is 2.22. The number of hydrogen-bond donors (Lipinski definition) is 0. The molecule has 31 heavy (non-hydrogen) atoms. The van der Waals surface area contributed by atoms with Crippen LogP contribution in [0.2, 0.25) is 0 Å². The van der Waals surface area contributed by atoms with Gasteiger partial charge in [0.25, 0.3) is 0 Å². The molecule has 0 aliphatic carbocycles. The summed E-state index contributed by atoms with van der Waals surface area (Å²) in [6.45, 7) is 11.4. The van der Waals surface area contributed by atoms with Crippen LogP contribution in [0.4, 0.5) is 10.6 Å². The number of para-hydroxylation sites is 1. The van der Waals surface area contributed by atoms with E-state index >= 15 is 0 Å². The molecule has 2 aromatic rings. The first-order valence-corrected chi connectivity index (χ1v) is 11.8. The maximum Gasteiger partial charge on any atom is 0.409 e. The van der Waals surface area contributed by atoms with E-state index in [4.69, 9.17) is 14.7 Å². The first-order chi connectivity index (χ1) is 15.1. The highest BCUT2D eigenvalue weighted by atomic mass is 16.6. The molecule has 0 bridgehead atoms. The summed E-state index contributed by atoms with van der Waals surface area (Å²) >= 11 is 0. The summed E-state index contributed by atoms with van der Waals surface area (Å²) in [6, 6.07) is 6.95. The molecule has 2 saturated heterocycles. The summed E-state index contributed by atoms with van der Waals surface area (Å²) in [5.74, 6) is 1.90. The van der Waals surface area contributed by atoms with E-state index in [1.54, 1.807) is 4.90 Å². The molecule has 2 aliphatic rings. The number of benzene rings is 1. The zero-order chi connectivity index (χ0) is 21.8. The third kappa shape index (κ3) is 4.76. The van der Waals surface area contributed by atoms with Crippen LogP contribution in [-0.2, 0) is 11.3 Å². The molecule has 2 fully saturated rings. The van der Waals surface area contributed by atoms with Gasteiger partial charge in [-0.15, -0.1) is 0 Å². The first-order valence-electron chi connectivity index (χ1n) is 11.8. The molecule has 1 amide bonds. The van der Waals surface area contributed by atoms with Gasteiger partial charge in [-0.2, -0.15) is 0 Å². The van der Waals surface area contributed by atoms with Crippen LogP contribution in [0.1, 0.15) is 50.9 Å². The van der Waals surface area contributed by atoms with Gasteiger partial charge in [-0.3, -0.25) is 4.90 Å². The van der Waals surface area contributed by atoms with Crippen LogP contribution in [0, 0.1) is 6.92 Å². The number of ether oxygens (including phenoxy) is 1. The van der Waals surface area contributed by atoms with Crippen LogP contribution in [-0.4, -0.2) is 71.2 Å². The van der Waals surface area contributed by atoms with Gasteiger partial charge in [-0.1, -0.05) is 25.5 Å². The van der Waals surface area contributed by atoms with E-state index in [0.29, 0.717) is 25.7 Å². The standard InChI is InChI=1S/C24H35N5O2/c1-4-19-10-6-7-12-29(19)17-21-25-22-18(3)9-8-11-20(22)23(26-21)27-13-15-28(16-14-27)24(30)31-5-2/h8-9,11,19H,4-7,10,12-17H2,1-3H3/t19-/m0/s1. The fourth-order valence-corrected chi connectivity index (χ4v) is 4.86. The summed E-state index contributed by atoms with van der Waals surface area (Å²) in [7, 11) is 0. The Hall–Kier alpha value is -2.41. The van der Waals surface area contributed by atoms with Crippen molar-refractivity contribution in [2.24, 2.45) is 0 Å². The molecule has 0 N–H and O–H groups in total. The van der Waals surface area contributed by atoms with Crippen molar-refractivity contribution in [2.75, 3.05) is 44.2 Å². The third-order valence-corrected chi connectivity index (χ3v) is 6.62. The van der Waals surface area contributed by atoms with Crippen LogP contribution < -0.4 is 4.90 Å². The van der Waals surface area contributed by atoms with E-state index < -0.39 is 0 Å².